The number of hydrogen-bond acceptors (Lipinski definition) is 3. The van der Waals surface area contributed by atoms with Gasteiger partial charge in [0.25, 0.3) is 0 Å². The Morgan fingerprint density at radius 2 is 2.10 bits per heavy atom. The second-order valence-electron chi connectivity index (χ2n) is 4.32. The quantitative estimate of drug-likeness (QED) is 0.737. The first-order valence-electron chi connectivity index (χ1n) is 6.28. The van der Waals surface area contributed by atoms with E-state index in [1.807, 2.05) is 36.4 Å². The predicted octanol–water partition coefficient (Wildman–Crippen LogP) is 3.36. The number of nitrogens with one attached hydrogen (secondary N) is 1. The Morgan fingerprint density at radius 1 is 1.20 bits per heavy atom. The average Bonchev–Trinajstić information content (AvgIpc) is 3.11. The van der Waals surface area contributed by atoms with Gasteiger partial charge in [-0.15, -0.1) is 0 Å². The highest BCUT2D eigenvalue weighted by atomic mass is 16.3. The second-order valence-corrected chi connectivity index (χ2v) is 4.32. The molecule has 20 heavy (non-hydrogen) atoms. The molecule has 0 saturated heterocycles. The van der Waals surface area contributed by atoms with E-state index in [0.717, 1.165) is 16.7 Å². The lowest BCUT2D eigenvalue weighted by Crippen LogP contribution is -2.19. The first-order chi connectivity index (χ1) is 9.81. The molecule has 0 bridgehead atoms. The normalized spacial score (nSPS) is 11.2. The molecule has 0 aliphatic rings. The van der Waals surface area contributed by atoms with Crippen LogP contribution in [0.2, 0.25) is 0 Å². The van der Waals surface area contributed by atoms with E-state index < -0.39 is 0 Å². The van der Waals surface area contributed by atoms with Crippen molar-refractivity contribution >= 4 is 23.0 Å². The molecule has 1 aromatic carbocycles. The van der Waals surface area contributed by atoms with E-state index in [9.17, 15) is 4.79 Å². The summed E-state index contributed by atoms with van der Waals surface area (Å²) in [7, 11) is 0. The molecular weight excluding hydrogens is 254 g/mol. The maximum atomic E-state index is 11.6. The second kappa shape index (κ2) is 5.48. The van der Waals surface area contributed by atoms with Crippen molar-refractivity contribution in [3.63, 3.8) is 0 Å². The van der Waals surface area contributed by atoms with Gasteiger partial charge < -0.3 is 14.2 Å². The van der Waals surface area contributed by atoms with Crippen molar-refractivity contribution in [2.45, 2.75) is 6.54 Å². The summed E-state index contributed by atoms with van der Waals surface area (Å²) in [5, 5.41) is 3.74. The van der Waals surface area contributed by atoms with Gasteiger partial charge in [0.1, 0.15) is 17.1 Å². The van der Waals surface area contributed by atoms with E-state index >= 15 is 0 Å². The Labute approximate surface area is 115 Å². The third-order valence-corrected chi connectivity index (χ3v) is 2.86. The highest BCUT2D eigenvalue weighted by Gasteiger charge is 2.01. The Balaban J connectivity index is 1.62. The number of furan rings is 2. The fourth-order valence-electron chi connectivity index (χ4n) is 1.89. The van der Waals surface area contributed by atoms with Crippen LogP contribution in [-0.2, 0) is 11.3 Å². The minimum absolute atomic E-state index is 0.193. The third kappa shape index (κ3) is 2.80. The van der Waals surface area contributed by atoms with Crippen LogP contribution in [0.3, 0.4) is 0 Å². The molecule has 2 aromatic heterocycles. The fraction of sp³-hybridized carbons (Fsp3) is 0.0625. The van der Waals surface area contributed by atoms with Crippen LogP contribution in [0.5, 0.6) is 0 Å². The molecule has 0 aliphatic carbocycles. The lowest BCUT2D eigenvalue weighted by Gasteiger charge is -1.97. The minimum atomic E-state index is -0.193. The first kappa shape index (κ1) is 12.3. The summed E-state index contributed by atoms with van der Waals surface area (Å²) in [5.74, 6) is 1.18. The van der Waals surface area contributed by atoms with Crippen molar-refractivity contribution in [3.8, 4) is 0 Å². The molecule has 3 rings (SSSR count). The number of amides is 1. The molecule has 0 fully saturated rings. The van der Waals surface area contributed by atoms with Gasteiger partial charge in [-0.3, -0.25) is 4.79 Å². The molecule has 3 aromatic rings. The standard InChI is InChI=1S/C16H13NO3/c18-16(17-11-14-5-3-9-19-14)8-7-13-10-12-4-1-2-6-15(12)20-13/h1-10H,11H2,(H,17,18)/b8-7+. The molecule has 2 heterocycles. The van der Waals surface area contributed by atoms with Crippen LogP contribution >= 0.6 is 0 Å². The fourth-order valence-corrected chi connectivity index (χ4v) is 1.89. The maximum absolute atomic E-state index is 11.6. The topological polar surface area (TPSA) is 55.4 Å². The van der Waals surface area contributed by atoms with Gasteiger partial charge in [-0.1, -0.05) is 18.2 Å². The number of rotatable bonds is 4. The smallest absolute Gasteiger partial charge is 0.244 e. The summed E-state index contributed by atoms with van der Waals surface area (Å²) >= 11 is 0. The van der Waals surface area contributed by atoms with Crippen LogP contribution < -0.4 is 5.32 Å². The Kier molecular flexibility index (Phi) is 3.37. The zero-order valence-corrected chi connectivity index (χ0v) is 10.7. The number of benzene rings is 1. The zero-order chi connectivity index (χ0) is 13.8. The number of hydrogen-bond donors (Lipinski definition) is 1. The van der Waals surface area contributed by atoms with Gasteiger partial charge in [-0.2, -0.15) is 0 Å². The third-order valence-electron chi connectivity index (χ3n) is 2.86. The summed E-state index contributed by atoms with van der Waals surface area (Å²) < 4.78 is 10.7. The molecule has 1 N–H and O–H groups in total. The number of para-hydroxylation sites is 1. The van der Waals surface area contributed by atoms with E-state index in [1.165, 1.54) is 6.08 Å². The van der Waals surface area contributed by atoms with Crippen molar-refractivity contribution in [2.75, 3.05) is 0 Å². The van der Waals surface area contributed by atoms with Gasteiger partial charge in [0.2, 0.25) is 5.91 Å². The SMILES string of the molecule is O=C(/C=C/c1cc2ccccc2o1)NCc1ccco1. The van der Waals surface area contributed by atoms with E-state index in [2.05, 4.69) is 5.32 Å². The lowest BCUT2D eigenvalue weighted by atomic mass is 10.2. The molecule has 0 unspecified atom stereocenters. The van der Waals surface area contributed by atoms with Crippen LogP contribution in [-0.4, -0.2) is 5.91 Å². The molecule has 1 amide bonds. The highest BCUT2D eigenvalue weighted by molar-refractivity contribution is 5.92. The number of fused-ring (bicyclic) bond motifs is 1. The van der Waals surface area contributed by atoms with Gasteiger partial charge >= 0.3 is 0 Å². The van der Waals surface area contributed by atoms with E-state index in [-0.39, 0.29) is 5.91 Å². The van der Waals surface area contributed by atoms with Crippen LogP contribution in [0.15, 0.2) is 63.6 Å². The summed E-state index contributed by atoms with van der Waals surface area (Å²) in [6.45, 7) is 0.371. The van der Waals surface area contributed by atoms with Gasteiger partial charge in [0, 0.05) is 11.5 Å². The monoisotopic (exact) mass is 267 g/mol. The Hall–Kier alpha value is -2.75. The minimum Gasteiger partial charge on any atom is -0.467 e. The van der Waals surface area contributed by atoms with E-state index in [1.54, 1.807) is 18.4 Å². The maximum Gasteiger partial charge on any atom is 0.244 e. The number of carbonyl (C=O) groups excluding carboxylic acids is 1. The largest absolute Gasteiger partial charge is 0.467 e. The van der Waals surface area contributed by atoms with E-state index in [4.69, 9.17) is 8.83 Å². The molecular formula is C16H13NO3. The van der Waals surface area contributed by atoms with Crippen molar-refractivity contribution in [1.29, 1.82) is 0 Å². The van der Waals surface area contributed by atoms with Crippen LogP contribution in [0.25, 0.3) is 17.0 Å². The van der Waals surface area contributed by atoms with Crippen molar-refractivity contribution in [1.82, 2.24) is 5.32 Å². The Bertz CT molecular complexity index is 705. The molecule has 100 valence electrons. The molecule has 0 spiro atoms. The van der Waals surface area contributed by atoms with Crippen molar-refractivity contribution < 1.29 is 13.6 Å². The molecule has 4 heteroatoms. The van der Waals surface area contributed by atoms with Crippen molar-refractivity contribution in [2.24, 2.45) is 0 Å². The molecule has 0 radical (unpaired) electrons. The Morgan fingerprint density at radius 3 is 2.90 bits per heavy atom. The highest BCUT2D eigenvalue weighted by Crippen LogP contribution is 2.19. The number of carbonyl (C=O) groups is 1. The van der Waals surface area contributed by atoms with E-state index in [0.29, 0.717) is 12.3 Å². The summed E-state index contributed by atoms with van der Waals surface area (Å²) in [6.07, 6.45) is 4.67. The van der Waals surface area contributed by atoms with Gasteiger partial charge in [-0.05, 0) is 30.3 Å². The zero-order valence-electron chi connectivity index (χ0n) is 10.7. The average molecular weight is 267 g/mol. The molecule has 0 aliphatic heterocycles. The summed E-state index contributed by atoms with van der Waals surface area (Å²) in [5.41, 5.74) is 0.808. The van der Waals surface area contributed by atoms with Gasteiger partial charge in [0.15, 0.2) is 0 Å². The van der Waals surface area contributed by atoms with Crippen LogP contribution in [0.4, 0.5) is 0 Å². The molecule has 0 saturated carbocycles. The predicted molar refractivity (Wildman–Crippen MR) is 75.8 cm³/mol. The van der Waals surface area contributed by atoms with Crippen molar-refractivity contribution in [3.05, 3.63) is 66.3 Å². The molecule has 4 nitrogen and oxygen atoms in total. The summed E-state index contributed by atoms with van der Waals surface area (Å²) in [4.78, 5) is 11.6. The molecule has 0 atom stereocenters. The summed E-state index contributed by atoms with van der Waals surface area (Å²) in [6, 6.07) is 13.2. The lowest BCUT2D eigenvalue weighted by molar-refractivity contribution is -0.116. The van der Waals surface area contributed by atoms with Gasteiger partial charge in [0.05, 0.1) is 12.8 Å². The van der Waals surface area contributed by atoms with Crippen LogP contribution in [0.1, 0.15) is 11.5 Å². The van der Waals surface area contributed by atoms with Gasteiger partial charge in [-0.25, -0.2) is 0 Å². The first-order valence-corrected chi connectivity index (χ1v) is 6.28. The van der Waals surface area contributed by atoms with Crippen LogP contribution in [0, 0.1) is 0 Å².